The number of aromatic nitrogens is 6. The Morgan fingerprint density at radius 1 is 1.18 bits per heavy atom. The lowest BCUT2D eigenvalue weighted by Crippen LogP contribution is -2.24. The van der Waals surface area contributed by atoms with Crippen LogP contribution in [0.3, 0.4) is 0 Å². The Balaban J connectivity index is 1.76. The number of halogens is 1. The van der Waals surface area contributed by atoms with Crippen molar-refractivity contribution in [3.8, 4) is 11.9 Å². The summed E-state index contributed by atoms with van der Waals surface area (Å²) < 4.78 is 3.00. The van der Waals surface area contributed by atoms with Gasteiger partial charge in [0.2, 0.25) is 0 Å². The van der Waals surface area contributed by atoms with E-state index < -0.39 is 11.8 Å². The number of carbonyl (C=O) groups is 2. The van der Waals surface area contributed by atoms with Crippen LogP contribution in [-0.4, -0.2) is 48.6 Å². The normalized spacial score (nSPS) is 11.2. The Hall–Kier alpha value is -4.56. The zero-order valence-corrected chi connectivity index (χ0v) is 22.3. The second-order valence-electron chi connectivity index (χ2n) is 9.65. The van der Waals surface area contributed by atoms with E-state index in [9.17, 15) is 14.9 Å². The third kappa shape index (κ3) is 5.40. The number of benzene rings is 1. The van der Waals surface area contributed by atoms with E-state index >= 15 is 0 Å². The molecule has 4 rings (SSSR count). The molecule has 1 aromatic carbocycles. The number of pyridine rings is 1. The van der Waals surface area contributed by atoms with Crippen molar-refractivity contribution in [2.75, 3.05) is 12.4 Å². The van der Waals surface area contributed by atoms with E-state index in [2.05, 4.69) is 31.0 Å². The van der Waals surface area contributed by atoms with Crippen LogP contribution in [0.5, 0.6) is 0 Å². The molecule has 4 aromatic rings. The molecule has 2 N–H and O–H groups in total. The minimum Gasteiger partial charge on any atom is -0.355 e. The van der Waals surface area contributed by atoms with Gasteiger partial charge in [-0.3, -0.25) is 9.59 Å². The van der Waals surface area contributed by atoms with E-state index in [0.717, 1.165) is 5.69 Å². The molecule has 11 nitrogen and oxygen atoms in total. The van der Waals surface area contributed by atoms with Gasteiger partial charge in [-0.05, 0) is 42.8 Å². The predicted octanol–water partition coefficient (Wildman–Crippen LogP) is 3.65. The molecular formula is C26H26ClN9O2. The Morgan fingerprint density at radius 3 is 2.58 bits per heavy atom. The van der Waals surface area contributed by atoms with Crippen molar-refractivity contribution >= 4 is 29.1 Å². The maximum Gasteiger partial charge on any atom is 0.274 e. The average Bonchev–Trinajstić information content (AvgIpc) is 3.52. The minimum atomic E-state index is -0.544. The quantitative estimate of drug-likeness (QED) is 0.386. The lowest BCUT2D eigenvalue weighted by atomic mass is 9.93. The Morgan fingerprint density at radius 2 is 1.95 bits per heavy atom. The zero-order valence-electron chi connectivity index (χ0n) is 21.6. The van der Waals surface area contributed by atoms with Crippen LogP contribution < -0.4 is 10.6 Å². The van der Waals surface area contributed by atoms with Crippen LogP contribution in [0.4, 0.5) is 5.69 Å². The first-order chi connectivity index (χ1) is 18.0. The van der Waals surface area contributed by atoms with Gasteiger partial charge in [0.25, 0.3) is 11.8 Å². The number of nitrogens with one attached hydrogen (secondary N) is 2. The number of anilines is 1. The third-order valence-electron chi connectivity index (χ3n) is 5.74. The summed E-state index contributed by atoms with van der Waals surface area (Å²) in [6.07, 6.45) is 3.38. The van der Waals surface area contributed by atoms with E-state index in [0.29, 0.717) is 21.8 Å². The minimum absolute atomic E-state index is 0.142. The van der Waals surface area contributed by atoms with Gasteiger partial charge in [0.1, 0.15) is 5.69 Å². The van der Waals surface area contributed by atoms with Crippen LogP contribution in [0, 0.1) is 18.3 Å². The summed E-state index contributed by atoms with van der Waals surface area (Å²) in [5.74, 6) is -0.719. The van der Waals surface area contributed by atoms with Crippen LogP contribution in [0.25, 0.3) is 5.82 Å². The molecule has 0 atom stereocenters. The highest BCUT2D eigenvalue weighted by Crippen LogP contribution is 2.26. The van der Waals surface area contributed by atoms with Gasteiger partial charge in [0.15, 0.2) is 5.82 Å². The molecule has 0 aliphatic heterocycles. The van der Waals surface area contributed by atoms with E-state index in [1.54, 1.807) is 42.1 Å². The number of hydrogen-bond acceptors (Lipinski definition) is 7. The van der Waals surface area contributed by atoms with E-state index in [4.69, 9.17) is 11.6 Å². The van der Waals surface area contributed by atoms with Crippen LogP contribution in [-0.2, 0) is 12.0 Å². The SMILES string of the molecule is CNC(=O)c1cc(C#N)cc(C)c1NC(=O)c1cc(Cn2cc(C(C)(C)C)nn2)nn1-c1ncccc1Cl. The summed E-state index contributed by atoms with van der Waals surface area (Å²) in [5, 5.41) is 28.0. The number of aryl methyl sites for hydroxylation is 1. The average molecular weight is 532 g/mol. The predicted molar refractivity (Wildman–Crippen MR) is 141 cm³/mol. The molecular weight excluding hydrogens is 506 g/mol. The summed E-state index contributed by atoms with van der Waals surface area (Å²) >= 11 is 6.40. The summed E-state index contributed by atoms with van der Waals surface area (Å²) in [5.41, 5.74) is 2.60. The fraction of sp³-hybridized carbons (Fsp3) is 0.269. The van der Waals surface area contributed by atoms with Gasteiger partial charge in [-0.1, -0.05) is 37.6 Å². The standard InChI is InChI=1S/C26H26ClN9O2/c1-15-9-16(12-28)10-18(24(37)29-5)22(15)31-25(38)20-11-17(13-35-14-21(32-34-35)26(2,3)4)33-36(20)23-19(27)7-6-8-30-23/h6-11,14H,13H2,1-5H3,(H,29,37)(H,31,38). The number of amides is 2. The van der Waals surface area contributed by atoms with Gasteiger partial charge >= 0.3 is 0 Å². The first kappa shape index (κ1) is 26.5. The third-order valence-corrected chi connectivity index (χ3v) is 6.03. The van der Waals surface area contributed by atoms with Crippen molar-refractivity contribution in [2.45, 2.75) is 39.7 Å². The molecule has 38 heavy (non-hydrogen) atoms. The number of carbonyl (C=O) groups excluding carboxylic acids is 2. The van der Waals surface area contributed by atoms with Gasteiger partial charge in [-0.15, -0.1) is 5.10 Å². The number of nitrogens with zero attached hydrogens (tertiary/aromatic N) is 7. The second-order valence-corrected chi connectivity index (χ2v) is 10.1. The van der Waals surface area contributed by atoms with E-state index in [1.165, 1.54) is 17.8 Å². The first-order valence-electron chi connectivity index (χ1n) is 11.7. The van der Waals surface area contributed by atoms with Crippen molar-refractivity contribution in [3.63, 3.8) is 0 Å². The molecule has 12 heteroatoms. The fourth-order valence-corrected chi connectivity index (χ4v) is 3.96. The maximum atomic E-state index is 13.6. The molecule has 0 bridgehead atoms. The fourth-order valence-electron chi connectivity index (χ4n) is 3.76. The zero-order chi connectivity index (χ0) is 27.6. The van der Waals surface area contributed by atoms with Crippen LogP contribution >= 0.6 is 11.6 Å². The first-order valence-corrected chi connectivity index (χ1v) is 12.1. The number of nitriles is 1. The van der Waals surface area contributed by atoms with Crippen molar-refractivity contribution in [1.29, 1.82) is 5.26 Å². The largest absolute Gasteiger partial charge is 0.355 e. The molecule has 0 saturated carbocycles. The van der Waals surface area contributed by atoms with Gasteiger partial charge in [-0.2, -0.15) is 10.4 Å². The van der Waals surface area contributed by atoms with E-state index in [1.807, 2.05) is 33.0 Å². The Labute approximate surface area is 224 Å². The monoisotopic (exact) mass is 531 g/mol. The lowest BCUT2D eigenvalue weighted by Gasteiger charge is -2.14. The Bertz CT molecular complexity index is 1570. The Kier molecular flexibility index (Phi) is 7.28. The molecule has 0 spiro atoms. The highest BCUT2D eigenvalue weighted by atomic mass is 35.5. The van der Waals surface area contributed by atoms with Crippen molar-refractivity contribution in [1.82, 2.24) is 35.1 Å². The van der Waals surface area contributed by atoms with Crippen molar-refractivity contribution in [2.24, 2.45) is 0 Å². The molecule has 0 saturated heterocycles. The van der Waals surface area contributed by atoms with Crippen LogP contribution in [0.15, 0.2) is 42.7 Å². The van der Waals surface area contributed by atoms with Gasteiger partial charge in [0.05, 0.1) is 45.8 Å². The second kappa shape index (κ2) is 10.4. The molecule has 0 aliphatic carbocycles. The summed E-state index contributed by atoms with van der Waals surface area (Å²) in [6.45, 7) is 8.08. The summed E-state index contributed by atoms with van der Waals surface area (Å²) in [4.78, 5) is 30.5. The molecule has 3 heterocycles. The molecule has 3 aromatic heterocycles. The summed E-state index contributed by atoms with van der Waals surface area (Å²) in [6, 6.07) is 9.99. The van der Waals surface area contributed by atoms with Crippen LogP contribution in [0.2, 0.25) is 5.02 Å². The lowest BCUT2D eigenvalue weighted by molar-refractivity contribution is 0.0964. The van der Waals surface area contributed by atoms with Crippen molar-refractivity contribution in [3.05, 3.63) is 81.5 Å². The van der Waals surface area contributed by atoms with E-state index in [-0.39, 0.29) is 34.7 Å². The summed E-state index contributed by atoms with van der Waals surface area (Å²) in [7, 11) is 1.47. The molecule has 0 radical (unpaired) electrons. The van der Waals surface area contributed by atoms with Gasteiger partial charge in [0, 0.05) is 24.9 Å². The molecule has 0 aliphatic rings. The topological polar surface area (TPSA) is 143 Å². The molecule has 2 amide bonds. The van der Waals surface area contributed by atoms with Gasteiger partial charge in [-0.25, -0.2) is 14.3 Å². The van der Waals surface area contributed by atoms with Crippen LogP contribution in [0.1, 0.15) is 64.1 Å². The van der Waals surface area contributed by atoms with Crippen molar-refractivity contribution < 1.29 is 9.59 Å². The molecule has 0 unspecified atom stereocenters. The highest BCUT2D eigenvalue weighted by Gasteiger charge is 2.24. The maximum absolute atomic E-state index is 13.6. The highest BCUT2D eigenvalue weighted by molar-refractivity contribution is 6.32. The molecule has 194 valence electrons. The number of rotatable bonds is 6. The van der Waals surface area contributed by atoms with Gasteiger partial charge < -0.3 is 10.6 Å². The number of hydrogen-bond donors (Lipinski definition) is 2. The molecule has 0 fully saturated rings. The smallest absolute Gasteiger partial charge is 0.274 e.